The summed E-state index contributed by atoms with van der Waals surface area (Å²) in [6.07, 6.45) is 2.80. The predicted molar refractivity (Wildman–Crippen MR) is 118 cm³/mol. The number of hydrogen-bond donors (Lipinski definition) is 6. The molecule has 0 spiro atoms. The molecule has 0 aliphatic heterocycles. The van der Waals surface area contributed by atoms with Crippen LogP contribution in [0.3, 0.4) is 0 Å². The highest BCUT2D eigenvalue weighted by Gasteiger charge is 2.10. The molecule has 0 saturated carbocycles. The van der Waals surface area contributed by atoms with Crippen molar-refractivity contribution >= 4 is 33.4 Å². The number of nitrogens with zero attached hydrogens (tertiary/aromatic N) is 3. The molecule has 4 rings (SSSR count). The Morgan fingerprint density at radius 1 is 1.10 bits per heavy atom. The van der Waals surface area contributed by atoms with Crippen LogP contribution in [0.15, 0.2) is 64.1 Å². The minimum atomic E-state index is -0.457. The number of halogens is 1. The number of aromatic hydroxyl groups is 3. The van der Waals surface area contributed by atoms with E-state index in [9.17, 15) is 20.1 Å². The number of nitrogens with one attached hydrogen (secondary N) is 3. The van der Waals surface area contributed by atoms with Crippen LogP contribution in [-0.2, 0) is 6.54 Å². The molecule has 10 nitrogen and oxygen atoms in total. The average molecular weight is 485 g/mol. The van der Waals surface area contributed by atoms with Gasteiger partial charge in [0.1, 0.15) is 5.82 Å². The molecule has 0 atom stereocenters. The number of aromatic amines is 1. The molecule has 0 saturated heterocycles. The largest absolute Gasteiger partial charge is 0.504 e. The molecule has 2 aromatic heterocycles. The van der Waals surface area contributed by atoms with E-state index in [0.29, 0.717) is 34.2 Å². The van der Waals surface area contributed by atoms with Crippen molar-refractivity contribution in [2.75, 3.05) is 10.6 Å². The third kappa shape index (κ3) is 4.46. The number of rotatable bonds is 6. The summed E-state index contributed by atoms with van der Waals surface area (Å²) in [4.78, 5) is 23.0. The number of anilines is 3. The summed E-state index contributed by atoms with van der Waals surface area (Å²) in [6.45, 7) is 0.355. The van der Waals surface area contributed by atoms with E-state index in [2.05, 4.69) is 41.5 Å². The maximum Gasteiger partial charge on any atom is 0.333 e. The lowest BCUT2D eigenvalue weighted by Gasteiger charge is -2.11. The molecule has 158 valence electrons. The zero-order valence-electron chi connectivity index (χ0n) is 15.9. The zero-order valence-corrected chi connectivity index (χ0v) is 17.5. The molecule has 0 fully saturated rings. The highest BCUT2D eigenvalue weighted by atomic mass is 79.9. The molecular formula is C20H17BrN6O4. The van der Waals surface area contributed by atoms with Crippen LogP contribution in [0.5, 0.6) is 17.4 Å². The molecule has 0 radical (unpaired) electrons. The SMILES string of the molecule is O=c1[nH]cc(O)n1-c1cccc(Nc2ncc(Br)c(NCc3ccc(O)c(O)c3)n2)c1. The van der Waals surface area contributed by atoms with Gasteiger partial charge in [-0.2, -0.15) is 4.98 Å². The van der Waals surface area contributed by atoms with Crippen molar-refractivity contribution in [2.45, 2.75) is 6.54 Å². The fourth-order valence-electron chi connectivity index (χ4n) is 2.88. The van der Waals surface area contributed by atoms with Gasteiger partial charge >= 0.3 is 5.69 Å². The Labute approximate surface area is 184 Å². The fraction of sp³-hybridized carbons (Fsp3) is 0.0500. The third-order valence-electron chi connectivity index (χ3n) is 4.36. The fourth-order valence-corrected chi connectivity index (χ4v) is 3.21. The van der Waals surface area contributed by atoms with E-state index in [4.69, 9.17) is 0 Å². The minimum Gasteiger partial charge on any atom is -0.504 e. The zero-order chi connectivity index (χ0) is 22.0. The minimum absolute atomic E-state index is 0.184. The molecule has 31 heavy (non-hydrogen) atoms. The topological polar surface area (TPSA) is 148 Å². The first-order valence-electron chi connectivity index (χ1n) is 9.05. The summed E-state index contributed by atoms with van der Waals surface area (Å²) in [5.74, 6) is 0.239. The van der Waals surface area contributed by atoms with Crippen molar-refractivity contribution in [1.29, 1.82) is 0 Å². The Hall–Kier alpha value is -3.99. The van der Waals surface area contributed by atoms with E-state index in [0.717, 1.165) is 10.1 Å². The van der Waals surface area contributed by atoms with Gasteiger partial charge in [0.2, 0.25) is 11.8 Å². The molecular weight excluding hydrogens is 468 g/mol. The van der Waals surface area contributed by atoms with Crippen molar-refractivity contribution in [1.82, 2.24) is 19.5 Å². The van der Waals surface area contributed by atoms with Crippen LogP contribution in [-0.4, -0.2) is 34.8 Å². The second-order valence-electron chi connectivity index (χ2n) is 6.53. The van der Waals surface area contributed by atoms with Crippen molar-refractivity contribution in [3.8, 4) is 23.1 Å². The van der Waals surface area contributed by atoms with E-state index in [1.807, 2.05) is 0 Å². The maximum atomic E-state index is 11.9. The molecule has 2 heterocycles. The van der Waals surface area contributed by atoms with Gasteiger partial charge in [0, 0.05) is 18.4 Å². The van der Waals surface area contributed by atoms with Crippen LogP contribution >= 0.6 is 15.9 Å². The van der Waals surface area contributed by atoms with Gasteiger partial charge in [-0.3, -0.25) is 0 Å². The van der Waals surface area contributed by atoms with Crippen molar-refractivity contribution in [3.63, 3.8) is 0 Å². The third-order valence-corrected chi connectivity index (χ3v) is 4.94. The Kier molecular flexibility index (Phi) is 5.50. The first-order chi connectivity index (χ1) is 14.9. The second-order valence-corrected chi connectivity index (χ2v) is 7.38. The molecule has 0 bridgehead atoms. The number of phenols is 2. The summed E-state index contributed by atoms with van der Waals surface area (Å²) < 4.78 is 1.77. The van der Waals surface area contributed by atoms with Crippen LogP contribution in [0.1, 0.15) is 5.56 Å². The lowest BCUT2D eigenvalue weighted by Crippen LogP contribution is -2.14. The Bertz CT molecular complexity index is 1300. The lowest BCUT2D eigenvalue weighted by atomic mass is 10.2. The Morgan fingerprint density at radius 3 is 2.68 bits per heavy atom. The number of hydrogen-bond acceptors (Lipinski definition) is 8. The van der Waals surface area contributed by atoms with Gasteiger partial charge in [-0.1, -0.05) is 12.1 Å². The second kappa shape index (κ2) is 8.40. The quantitative estimate of drug-likeness (QED) is 0.228. The molecule has 11 heteroatoms. The average Bonchev–Trinajstić information content (AvgIpc) is 3.09. The molecule has 0 aliphatic rings. The van der Waals surface area contributed by atoms with Gasteiger partial charge in [0.15, 0.2) is 11.5 Å². The molecule has 0 amide bonds. The predicted octanol–water partition coefficient (Wildman–Crippen LogP) is 3.19. The van der Waals surface area contributed by atoms with Crippen molar-refractivity contribution < 1.29 is 15.3 Å². The summed E-state index contributed by atoms with van der Waals surface area (Å²) in [5.41, 5.74) is 1.37. The monoisotopic (exact) mass is 484 g/mol. The molecule has 0 unspecified atom stereocenters. The van der Waals surface area contributed by atoms with Crippen molar-refractivity contribution in [2.24, 2.45) is 0 Å². The van der Waals surface area contributed by atoms with E-state index < -0.39 is 5.69 Å². The van der Waals surface area contributed by atoms with Crippen LogP contribution in [0, 0.1) is 0 Å². The van der Waals surface area contributed by atoms with Crippen LogP contribution < -0.4 is 16.3 Å². The number of imidazole rings is 1. The van der Waals surface area contributed by atoms with Gasteiger partial charge in [-0.25, -0.2) is 14.3 Å². The van der Waals surface area contributed by atoms with E-state index in [1.165, 1.54) is 18.3 Å². The summed E-state index contributed by atoms with van der Waals surface area (Å²) in [7, 11) is 0. The van der Waals surface area contributed by atoms with Gasteiger partial charge in [0.05, 0.1) is 16.4 Å². The number of aromatic nitrogens is 4. The number of H-pyrrole nitrogens is 1. The molecule has 6 N–H and O–H groups in total. The van der Waals surface area contributed by atoms with Gasteiger partial charge < -0.3 is 30.9 Å². The van der Waals surface area contributed by atoms with Crippen LogP contribution in [0.25, 0.3) is 5.69 Å². The van der Waals surface area contributed by atoms with Gasteiger partial charge in [0.25, 0.3) is 0 Å². The molecule has 4 aromatic rings. The van der Waals surface area contributed by atoms with E-state index >= 15 is 0 Å². The van der Waals surface area contributed by atoms with E-state index in [1.54, 1.807) is 36.5 Å². The number of phenolic OH excluding ortho intramolecular Hbond substituents is 2. The molecule has 2 aromatic carbocycles. The van der Waals surface area contributed by atoms with Crippen LogP contribution in [0.2, 0.25) is 0 Å². The summed E-state index contributed by atoms with van der Waals surface area (Å²) >= 11 is 3.40. The standard InChI is InChI=1S/C20H17BrN6O4/c21-14-9-23-19(26-18(14)22-8-11-4-5-15(28)16(29)6-11)25-12-2-1-3-13(7-12)27-17(30)10-24-20(27)31/h1-7,9-10,28-30H,8H2,(H,24,31)(H2,22,23,25,26). The number of benzene rings is 2. The van der Waals surface area contributed by atoms with Gasteiger partial charge in [-0.05, 0) is 51.8 Å². The lowest BCUT2D eigenvalue weighted by molar-refractivity contribution is 0.403. The Balaban J connectivity index is 1.53. The highest BCUT2D eigenvalue weighted by molar-refractivity contribution is 9.10. The summed E-state index contributed by atoms with van der Waals surface area (Å²) in [6, 6.07) is 11.4. The maximum absolute atomic E-state index is 11.9. The Morgan fingerprint density at radius 2 is 1.94 bits per heavy atom. The summed E-state index contributed by atoms with van der Waals surface area (Å²) in [5, 5.41) is 35.1. The highest BCUT2D eigenvalue weighted by Crippen LogP contribution is 2.27. The first-order valence-corrected chi connectivity index (χ1v) is 9.84. The van der Waals surface area contributed by atoms with Crippen LogP contribution in [0.4, 0.5) is 17.5 Å². The smallest absolute Gasteiger partial charge is 0.333 e. The molecule has 0 aliphatic carbocycles. The normalized spacial score (nSPS) is 10.7. The van der Waals surface area contributed by atoms with Crippen molar-refractivity contribution in [3.05, 3.63) is 75.4 Å². The van der Waals surface area contributed by atoms with Gasteiger partial charge in [-0.15, -0.1) is 0 Å². The first kappa shape index (κ1) is 20.3. The van der Waals surface area contributed by atoms with E-state index in [-0.39, 0.29) is 17.4 Å².